The highest BCUT2D eigenvalue weighted by Gasteiger charge is 2.27. The third kappa shape index (κ3) is 4.00. The van der Waals surface area contributed by atoms with Crippen molar-refractivity contribution >= 4 is 39.2 Å². The van der Waals surface area contributed by atoms with E-state index < -0.39 is 0 Å². The van der Waals surface area contributed by atoms with Gasteiger partial charge < -0.3 is 19.4 Å². The lowest BCUT2D eigenvalue weighted by Gasteiger charge is -2.38. The smallest absolute Gasteiger partial charge is 0.241 e. The Kier molecular flexibility index (Phi) is 5.64. The summed E-state index contributed by atoms with van der Waals surface area (Å²) in [6, 6.07) is 18.0. The average molecular weight is 448 g/mol. The van der Waals surface area contributed by atoms with E-state index >= 15 is 0 Å². The van der Waals surface area contributed by atoms with Crippen molar-refractivity contribution in [3.8, 4) is 5.75 Å². The van der Waals surface area contributed by atoms with E-state index in [4.69, 9.17) is 9.15 Å². The standard InChI is InChI=1S/C26H26FN3O3/c1-17(29-11-13-30(14-12-29)22-9-5-4-8-20(22)27)26(31)28-21-16-24-19(15-25(21)32-2)18-7-3-6-10-23(18)33-24/h3-10,15-17H,11-14H2,1-2H3,(H,28,31). The second-order valence-electron chi connectivity index (χ2n) is 8.29. The number of benzene rings is 3. The molecule has 1 aromatic heterocycles. The number of ether oxygens (including phenoxy) is 1. The molecule has 5 rings (SSSR count). The molecule has 0 bridgehead atoms. The lowest BCUT2D eigenvalue weighted by molar-refractivity contribution is -0.120. The van der Waals surface area contributed by atoms with Crippen molar-refractivity contribution in [2.24, 2.45) is 0 Å². The fraction of sp³-hybridized carbons (Fsp3) is 0.269. The molecule has 7 heteroatoms. The van der Waals surface area contributed by atoms with Gasteiger partial charge in [0.05, 0.1) is 24.5 Å². The number of methoxy groups -OCH3 is 1. The topological polar surface area (TPSA) is 58.0 Å². The second kappa shape index (κ2) is 8.75. The Bertz CT molecular complexity index is 1310. The minimum atomic E-state index is -0.344. The van der Waals surface area contributed by atoms with Crippen LogP contribution in [0.15, 0.2) is 65.1 Å². The number of carbonyl (C=O) groups is 1. The fourth-order valence-electron chi connectivity index (χ4n) is 4.48. The van der Waals surface area contributed by atoms with E-state index in [-0.39, 0.29) is 17.8 Å². The van der Waals surface area contributed by atoms with E-state index in [0.717, 1.165) is 16.4 Å². The molecule has 4 aromatic rings. The van der Waals surface area contributed by atoms with Gasteiger partial charge in [0, 0.05) is 43.0 Å². The van der Waals surface area contributed by atoms with E-state index in [1.165, 1.54) is 6.07 Å². The molecule has 1 atom stereocenters. The van der Waals surface area contributed by atoms with Crippen molar-refractivity contribution in [3.05, 3.63) is 66.5 Å². The maximum atomic E-state index is 14.1. The minimum Gasteiger partial charge on any atom is -0.495 e. The number of hydrogen-bond acceptors (Lipinski definition) is 5. The second-order valence-corrected chi connectivity index (χ2v) is 8.29. The normalized spacial score (nSPS) is 15.7. The van der Waals surface area contributed by atoms with E-state index in [2.05, 4.69) is 10.2 Å². The molecule has 1 aliphatic heterocycles. The summed E-state index contributed by atoms with van der Waals surface area (Å²) < 4.78 is 25.6. The van der Waals surface area contributed by atoms with Gasteiger partial charge in [0.1, 0.15) is 22.7 Å². The van der Waals surface area contributed by atoms with Crippen LogP contribution in [0.2, 0.25) is 0 Å². The quantitative estimate of drug-likeness (QED) is 0.472. The first-order chi connectivity index (χ1) is 16.0. The summed E-state index contributed by atoms with van der Waals surface area (Å²) in [5.41, 5.74) is 2.67. The highest BCUT2D eigenvalue weighted by molar-refractivity contribution is 6.08. The predicted octanol–water partition coefficient (Wildman–Crippen LogP) is 4.88. The number of halogens is 1. The molecule has 1 N–H and O–H groups in total. The molecule has 3 aromatic carbocycles. The van der Waals surface area contributed by atoms with Gasteiger partial charge in [-0.3, -0.25) is 9.69 Å². The van der Waals surface area contributed by atoms with Crippen LogP contribution in [0.5, 0.6) is 5.75 Å². The van der Waals surface area contributed by atoms with Gasteiger partial charge in [-0.25, -0.2) is 4.39 Å². The van der Waals surface area contributed by atoms with Gasteiger partial charge >= 0.3 is 0 Å². The summed E-state index contributed by atoms with van der Waals surface area (Å²) >= 11 is 0. The van der Waals surface area contributed by atoms with Crippen molar-refractivity contribution in [2.45, 2.75) is 13.0 Å². The Morgan fingerprint density at radius 3 is 2.48 bits per heavy atom. The molecule has 1 aliphatic rings. The first-order valence-electron chi connectivity index (χ1n) is 11.1. The number of piperazine rings is 1. The molecule has 170 valence electrons. The van der Waals surface area contributed by atoms with Crippen LogP contribution >= 0.6 is 0 Å². The molecule has 6 nitrogen and oxygen atoms in total. The zero-order valence-corrected chi connectivity index (χ0v) is 18.7. The van der Waals surface area contributed by atoms with Crippen molar-refractivity contribution in [3.63, 3.8) is 0 Å². The van der Waals surface area contributed by atoms with Gasteiger partial charge in [-0.15, -0.1) is 0 Å². The summed E-state index contributed by atoms with van der Waals surface area (Å²) in [6.07, 6.45) is 0. The SMILES string of the molecule is COc1cc2c(cc1NC(=O)C(C)N1CCN(c3ccccc3F)CC1)oc1ccccc12. The highest BCUT2D eigenvalue weighted by atomic mass is 19.1. The van der Waals surface area contributed by atoms with Crippen LogP contribution in [0, 0.1) is 5.82 Å². The Balaban J connectivity index is 1.30. The molecular formula is C26H26FN3O3. The Labute approximate surface area is 191 Å². The van der Waals surface area contributed by atoms with Crippen LogP contribution in [0.1, 0.15) is 6.92 Å². The predicted molar refractivity (Wildman–Crippen MR) is 129 cm³/mol. The van der Waals surface area contributed by atoms with Gasteiger partial charge in [0.15, 0.2) is 0 Å². The summed E-state index contributed by atoms with van der Waals surface area (Å²) in [4.78, 5) is 17.2. The lowest BCUT2D eigenvalue weighted by Crippen LogP contribution is -2.53. The van der Waals surface area contributed by atoms with E-state index in [0.29, 0.717) is 48.9 Å². The third-order valence-electron chi connectivity index (χ3n) is 6.39. The summed E-state index contributed by atoms with van der Waals surface area (Å²) in [6.45, 7) is 4.55. The zero-order valence-electron chi connectivity index (χ0n) is 18.7. The largest absolute Gasteiger partial charge is 0.495 e. The molecule has 1 saturated heterocycles. The third-order valence-corrected chi connectivity index (χ3v) is 6.39. The minimum absolute atomic E-state index is 0.122. The monoisotopic (exact) mass is 447 g/mol. The maximum absolute atomic E-state index is 14.1. The Hall–Kier alpha value is -3.58. The number of anilines is 2. The number of nitrogens with zero attached hydrogens (tertiary/aromatic N) is 2. The molecule has 0 aliphatic carbocycles. The van der Waals surface area contributed by atoms with Gasteiger partial charge in [0.2, 0.25) is 5.91 Å². The average Bonchev–Trinajstić information content (AvgIpc) is 3.20. The number of furan rings is 1. The molecule has 0 saturated carbocycles. The zero-order chi connectivity index (χ0) is 22.9. The molecule has 33 heavy (non-hydrogen) atoms. The first-order valence-corrected chi connectivity index (χ1v) is 11.1. The summed E-state index contributed by atoms with van der Waals surface area (Å²) in [5.74, 6) is 0.242. The van der Waals surface area contributed by atoms with Crippen molar-refractivity contribution < 1.29 is 18.3 Å². The van der Waals surface area contributed by atoms with Crippen molar-refractivity contribution in [1.82, 2.24) is 4.90 Å². The number of nitrogens with one attached hydrogen (secondary N) is 1. The molecule has 1 amide bonds. The number of para-hydroxylation sites is 2. The number of carbonyl (C=O) groups excluding carboxylic acids is 1. The van der Waals surface area contributed by atoms with Crippen LogP contribution in [-0.2, 0) is 4.79 Å². The van der Waals surface area contributed by atoms with Crippen molar-refractivity contribution in [1.29, 1.82) is 0 Å². The van der Waals surface area contributed by atoms with Crippen LogP contribution in [0.4, 0.5) is 15.8 Å². The summed E-state index contributed by atoms with van der Waals surface area (Å²) in [7, 11) is 1.59. The van der Waals surface area contributed by atoms with Gasteiger partial charge in [-0.05, 0) is 31.2 Å². The molecule has 1 unspecified atom stereocenters. The molecule has 0 radical (unpaired) electrons. The number of hydrogen-bond donors (Lipinski definition) is 1. The van der Waals surface area contributed by atoms with Gasteiger partial charge in [-0.1, -0.05) is 30.3 Å². The summed E-state index contributed by atoms with van der Waals surface area (Å²) in [5, 5.41) is 4.95. The number of fused-ring (bicyclic) bond motifs is 3. The van der Waals surface area contributed by atoms with E-state index in [9.17, 15) is 9.18 Å². The van der Waals surface area contributed by atoms with Gasteiger partial charge in [0.25, 0.3) is 0 Å². The Morgan fingerprint density at radius 2 is 1.73 bits per heavy atom. The molecule has 1 fully saturated rings. The van der Waals surface area contributed by atoms with Crippen LogP contribution in [0.25, 0.3) is 21.9 Å². The van der Waals surface area contributed by atoms with Crippen LogP contribution < -0.4 is 15.0 Å². The Morgan fingerprint density at radius 1 is 1.00 bits per heavy atom. The van der Waals surface area contributed by atoms with Crippen molar-refractivity contribution in [2.75, 3.05) is 43.5 Å². The fourth-order valence-corrected chi connectivity index (χ4v) is 4.48. The van der Waals surface area contributed by atoms with E-state index in [1.807, 2.05) is 54.3 Å². The highest BCUT2D eigenvalue weighted by Crippen LogP contribution is 2.36. The van der Waals surface area contributed by atoms with Gasteiger partial charge in [-0.2, -0.15) is 0 Å². The lowest BCUT2D eigenvalue weighted by atomic mass is 10.1. The number of rotatable bonds is 5. The maximum Gasteiger partial charge on any atom is 0.241 e. The van der Waals surface area contributed by atoms with Crippen LogP contribution in [-0.4, -0.2) is 50.1 Å². The number of amides is 1. The molecule has 2 heterocycles. The first kappa shape index (κ1) is 21.3. The molecule has 0 spiro atoms. The molecular weight excluding hydrogens is 421 g/mol. The van der Waals surface area contributed by atoms with Crippen LogP contribution in [0.3, 0.4) is 0 Å². The van der Waals surface area contributed by atoms with E-state index in [1.54, 1.807) is 19.2 Å².